The van der Waals surface area contributed by atoms with Crippen LogP contribution in [-0.2, 0) is 13.0 Å². The summed E-state index contributed by atoms with van der Waals surface area (Å²) in [5, 5.41) is 4.20. The Balaban J connectivity index is 1.74. The van der Waals surface area contributed by atoms with Gasteiger partial charge in [0.25, 0.3) is 0 Å². The van der Waals surface area contributed by atoms with Crippen LogP contribution in [-0.4, -0.2) is 6.61 Å². The number of halogens is 1. The van der Waals surface area contributed by atoms with E-state index in [-0.39, 0.29) is 6.04 Å². The first-order chi connectivity index (χ1) is 9.24. The van der Waals surface area contributed by atoms with Gasteiger partial charge in [0, 0.05) is 23.6 Å². The lowest BCUT2D eigenvalue weighted by Gasteiger charge is -2.14. The Morgan fingerprint density at radius 2 is 2.32 bits per heavy atom. The Kier molecular flexibility index (Phi) is 3.49. The van der Waals surface area contributed by atoms with Crippen molar-refractivity contribution in [2.45, 2.75) is 25.9 Å². The molecule has 0 radical (unpaired) electrons. The first-order valence-corrected chi connectivity index (χ1v) is 6.82. The summed E-state index contributed by atoms with van der Waals surface area (Å²) in [6.45, 7) is 3.53. The first-order valence-electron chi connectivity index (χ1n) is 6.45. The first kappa shape index (κ1) is 12.6. The SMILES string of the molecule is C[C@@H](NCc1cc(Cl)cc2c1OCC2)c1ccco1. The molecule has 0 unspecified atom stereocenters. The highest BCUT2D eigenvalue weighted by atomic mass is 35.5. The van der Waals surface area contributed by atoms with E-state index in [1.54, 1.807) is 6.26 Å². The van der Waals surface area contributed by atoms with Crippen molar-refractivity contribution in [2.75, 3.05) is 6.61 Å². The van der Waals surface area contributed by atoms with E-state index in [0.717, 1.165) is 35.1 Å². The fraction of sp³-hybridized carbons (Fsp3) is 0.333. The van der Waals surface area contributed by atoms with Crippen LogP contribution in [0.4, 0.5) is 0 Å². The van der Waals surface area contributed by atoms with E-state index >= 15 is 0 Å². The number of furan rings is 1. The largest absolute Gasteiger partial charge is 0.493 e. The van der Waals surface area contributed by atoms with Crippen LogP contribution in [0.5, 0.6) is 5.75 Å². The fourth-order valence-electron chi connectivity index (χ4n) is 2.38. The summed E-state index contributed by atoms with van der Waals surface area (Å²) >= 11 is 6.14. The minimum absolute atomic E-state index is 0.158. The van der Waals surface area contributed by atoms with Gasteiger partial charge in [-0.05, 0) is 36.8 Å². The van der Waals surface area contributed by atoms with Gasteiger partial charge in [0.2, 0.25) is 0 Å². The zero-order chi connectivity index (χ0) is 13.2. The molecule has 4 heteroatoms. The van der Waals surface area contributed by atoms with Crippen molar-refractivity contribution in [2.24, 2.45) is 0 Å². The second kappa shape index (κ2) is 5.27. The van der Waals surface area contributed by atoms with Crippen molar-refractivity contribution >= 4 is 11.6 Å². The fourth-order valence-corrected chi connectivity index (χ4v) is 2.64. The van der Waals surface area contributed by atoms with Crippen molar-refractivity contribution in [3.8, 4) is 5.75 Å². The molecule has 0 saturated carbocycles. The Bertz CT molecular complexity index is 566. The Labute approximate surface area is 117 Å². The zero-order valence-corrected chi connectivity index (χ0v) is 11.5. The van der Waals surface area contributed by atoms with Crippen LogP contribution in [0.3, 0.4) is 0 Å². The van der Waals surface area contributed by atoms with Crippen molar-refractivity contribution < 1.29 is 9.15 Å². The highest BCUT2D eigenvalue weighted by Crippen LogP contribution is 2.33. The number of nitrogens with one attached hydrogen (secondary N) is 1. The van der Waals surface area contributed by atoms with E-state index in [0.29, 0.717) is 6.54 Å². The Morgan fingerprint density at radius 3 is 3.11 bits per heavy atom. The van der Waals surface area contributed by atoms with E-state index in [1.807, 2.05) is 24.3 Å². The second-order valence-corrected chi connectivity index (χ2v) is 5.21. The lowest BCUT2D eigenvalue weighted by atomic mass is 10.1. The average Bonchev–Trinajstić information content (AvgIpc) is 3.05. The zero-order valence-electron chi connectivity index (χ0n) is 10.8. The Hall–Kier alpha value is -1.45. The lowest BCUT2D eigenvalue weighted by molar-refractivity contribution is 0.350. The smallest absolute Gasteiger partial charge is 0.127 e. The van der Waals surface area contributed by atoms with Gasteiger partial charge in [0.15, 0.2) is 0 Å². The van der Waals surface area contributed by atoms with Crippen molar-refractivity contribution in [1.29, 1.82) is 0 Å². The third-order valence-corrected chi connectivity index (χ3v) is 3.61. The monoisotopic (exact) mass is 277 g/mol. The van der Waals surface area contributed by atoms with Crippen LogP contribution in [0.25, 0.3) is 0 Å². The van der Waals surface area contributed by atoms with E-state index < -0.39 is 0 Å². The highest BCUT2D eigenvalue weighted by Gasteiger charge is 2.18. The van der Waals surface area contributed by atoms with Crippen molar-refractivity contribution in [3.63, 3.8) is 0 Å². The number of fused-ring (bicyclic) bond motifs is 1. The number of rotatable bonds is 4. The van der Waals surface area contributed by atoms with Gasteiger partial charge in [0.1, 0.15) is 11.5 Å². The van der Waals surface area contributed by atoms with Gasteiger partial charge in [-0.25, -0.2) is 0 Å². The van der Waals surface area contributed by atoms with Crippen molar-refractivity contribution in [1.82, 2.24) is 5.32 Å². The van der Waals surface area contributed by atoms with Gasteiger partial charge < -0.3 is 14.5 Å². The molecule has 0 fully saturated rings. The summed E-state index contributed by atoms with van der Waals surface area (Å²) in [5.41, 5.74) is 2.31. The van der Waals surface area contributed by atoms with E-state index in [2.05, 4.69) is 12.2 Å². The molecule has 3 rings (SSSR count). The molecule has 2 heterocycles. The molecule has 1 aliphatic heterocycles. The van der Waals surface area contributed by atoms with Crippen LogP contribution in [0.2, 0.25) is 5.02 Å². The molecular formula is C15H16ClNO2. The molecule has 1 aliphatic rings. The van der Waals surface area contributed by atoms with Gasteiger partial charge >= 0.3 is 0 Å². The number of benzene rings is 1. The molecule has 3 nitrogen and oxygen atoms in total. The van der Waals surface area contributed by atoms with Crippen molar-refractivity contribution in [3.05, 3.63) is 52.4 Å². The second-order valence-electron chi connectivity index (χ2n) is 4.77. The van der Waals surface area contributed by atoms with Crippen LogP contribution in [0.15, 0.2) is 34.9 Å². The third-order valence-electron chi connectivity index (χ3n) is 3.39. The molecule has 19 heavy (non-hydrogen) atoms. The summed E-state index contributed by atoms with van der Waals surface area (Å²) < 4.78 is 11.1. The maximum Gasteiger partial charge on any atom is 0.127 e. The van der Waals surface area contributed by atoms with Crippen LogP contribution in [0, 0.1) is 0 Å². The molecule has 100 valence electrons. The van der Waals surface area contributed by atoms with E-state index in [1.165, 1.54) is 5.56 Å². The maximum atomic E-state index is 6.14. The quantitative estimate of drug-likeness (QED) is 0.925. The molecular weight excluding hydrogens is 262 g/mol. The van der Waals surface area contributed by atoms with Gasteiger partial charge in [-0.1, -0.05) is 11.6 Å². The van der Waals surface area contributed by atoms with Gasteiger partial charge in [-0.15, -0.1) is 0 Å². The van der Waals surface area contributed by atoms with Crippen LogP contribution in [0.1, 0.15) is 29.9 Å². The van der Waals surface area contributed by atoms with Gasteiger partial charge in [-0.3, -0.25) is 0 Å². The maximum absolute atomic E-state index is 6.14. The molecule has 0 spiro atoms. The van der Waals surface area contributed by atoms with Crippen LogP contribution >= 0.6 is 11.6 Å². The molecule has 2 aromatic rings. The molecule has 1 aromatic carbocycles. The predicted octanol–water partition coefficient (Wildman–Crippen LogP) is 3.72. The summed E-state index contributed by atoms with van der Waals surface area (Å²) in [5.74, 6) is 1.92. The predicted molar refractivity (Wildman–Crippen MR) is 74.6 cm³/mol. The number of ether oxygens (including phenoxy) is 1. The summed E-state index contributed by atoms with van der Waals surface area (Å²) in [6.07, 6.45) is 2.63. The average molecular weight is 278 g/mol. The molecule has 1 atom stereocenters. The van der Waals surface area contributed by atoms with Crippen LogP contribution < -0.4 is 10.1 Å². The topological polar surface area (TPSA) is 34.4 Å². The Morgan fingerprint density at radius 1 is 1.42 bits per heavy atom. The number of hydrogen-bond donors (Lipinski definition) is 1. The molecule has 0 aliphatic carbocycles. The highest BCUT2D eigenvalue weighted by molar-refractivity contribution is 6.30. The summed E-state index contributed by atoms with van der Waals surface area (Å²) in [6, 6.07) is 7.98. The molecule has 1 N–H and O–H groups in total. The standard InChI is InChI=1S/C15H16ClNO2/c1-10(14-3-2-5-18-14)17-9-12-8-13(16)7-11-4-6-19-15(11)12/h2-3,5,7-8,10,17H,4,6,9H2,1H3/t10-/m1/s1. The number of hydrogen-bond acceptors (Lipinski definition) is 3. The molecule has 0 saturated heterocycles. The minimum Gasteiger partial charge on any atom is -0.493 e. The van der Waals surface area contributed by atoms with Gasteiger partial charge in [0.05, 0.1) is 18.9 Å². The third kappa shape index (κ3) is 2.62. The lowest BCUT2D eigenvalue weighted by Crippen LogP contribution is -2.18. The van der Waals surface area contributed by atoms with E-state index in [9.17, 15) is 0 Å². The molecule has 0 bridgehead atoms. The normalized spacial score (nSPS) is 15.1. The summed E-state index contributed by atoms with van der Waals surface area (Å²) in [7, 11) is 0. The van der Waals surface area contributed by atoms with Gasteiger partial charge in [-0.2, -0.15) is 0 Å². The minimum atomic E-state index is 0.158. The molecule has 1 aromatic heterocycles. The summed E-state index contributed by atoms with van der Waals surface area (Å²) in [4.78, 5) is 0. The van der Waals surface area contributed by atoms with E-state index in [4.69, 9.17) is 20.8 Å². The molecule has 0 amide bonds.